The topological polar surface area (TPSA) is 103 Å². The number of rotatable bonds is 8. The van der Waals surface area contributed by atoms with Gasteiger partial charge in [0.25, 0.3) is 5.91 Å². The Morgan fingerprint density at radius 3 is 2.67 bits per heavy atom. The van der Waals surface area contributed by atoms with Crippen molar-refractivity contribution < 1.29 is 19.0 Å². The minimum Gasteiger partial charge on any atom is -0.439 e. The van der Waals surface area contributed by atoms with Crippen molar-refractivity contribution in [3.05, 3.63) is 101 Å². The molecule has 0 radical (unpaired) electrons. The fourth-order valence-corrected chi connectivity index (χ4v) is 6.07. The minimum absolute atomic E-state index is 0.154. The Kier molecular flexibility index (Phi) is 8.30. The van der Waals surface area contributed by atoms with Gasteiger partial charge in [-0.05, 0) is 91.5 Å². The molecule has 8 nitrogen and oxygen atoms in total. The molecule has 1 saturated heterocycles. The summed E-state index contributed by atoms with van der Waals surface area (Å²) in [6, 6.07) is 11.4. The van der Waals surface area contributed by atoms with Gasteiger partial charge in [0.2, 0.25) is 5.88 Å². The minimum atomic E-state index is -0.335. The second-order valence-corrected chi connectivity index (χ2v) is 11.3. The number of halogens is 1. The maximum atomic E-state index is 13.6. The first-order valence-corrected chi connectivity index (χ1v) is 14.7. The lowest BCUT2D eigenvalue weighted by atomic mass is 9.81. The Morgan fingerprint density at radius 2 is 1.93 bits per heavy atom. The average molecular weight is 570 g/mol. The first-order chi connectivity index (χ1) is 20.4. The Morgan fingerprint density at radius 1 is 1.12 bits per heavy atom. The average Bonchev–Trinajstić information content (AvgIpc) is 3.39. The second-order valence-electron chi connectivity index (χ2n) is 11.3. The Bertz CT molecular complexity index is 1530. The van der Waals surface area contributed by atoms with E-state index in [1.165, 1.54) is 35.4 Å². The molecule has 0 bridgehead atoms. The molecule has 1 fully saturated rings. The number of nitrogens with zero attached hydrogens (tertiary/aromatic N) is 3. The number of carbonyl (C=O) groups is 1. The molecule has 0 saturated carbocycles. The number of aryl methyl sites for hydroxylation is 2. The number of amides is 1. The van der Waals surface area contributed by atoms with E-state index in [2.05, 4.69) is 38.2 Å². The molecule has 1 atom stereocenters. The molecule has 1 amide bonds. The molecular weight excluding hydrogens is 533 g/mol. The van der Waals surface area contributed by atoms with E-state index >= 15 is 0 Å². The molecule has 0 spiro atoms. The summed E-state index contributed by atoms with van der Waals surface area (Å²) in [4.78, 5) is 28.4. The van der Waals surface area contributed by atoms with E-state index in [0.29, 0.717) is 17.3 Å². The van der Waals surface area contributed by atoms with Crippen LogP contribution in [0, 0.1) is 5.82 Å². The molecule has 2 aliphatic rings. The van der Waals surface area contributed by atoms with Gasteiger partial charge in [-0.25, -0.2) is 9.37 Å². The van der Waals surface area contributed by atoms with Gasteiger partial charge in [0.1, 0.15) is 11.6 Å². The predicted molar refractivity (Wildman–Crippen MR) is 158 cm³/mol. The molecule has 1 aromatic carbocycles. The quantitative estimate of drug-likeness (QED) is 0.249. The number of hydrogen-bond donors (Lipinski definition) is 3. The third-order valence-corrected chi connectivity index (χ3v) is 8.32. The van der Waals surface area contributed by atoms with Crippen molar-refractivity contribution in [3.63, 3.8) is 0 Å². The van der Waals surface area contributed by atoms with Crippen molar-refractivity contribution in [3.8, 4) is 11.6 Å². The zero-order chi connectivity index (χ0) is 29.1. The van der Waals surface area contributed by atoms with Crippen LogP contribution in [-0.2, 0) is 25.8 Å². The van der Waals surface area contributed by atoms with Crippen LogP contribution in [0.3, 0.4) is 0 Å². The molecule has 3 aromatic heterocycles. The van der Waals surface area contributed by atoms with E-state index in [1.807, 2.05) is 12.4 Å². The van der Waals surface area contributed by atoms with Gasteiger partial charge < -0.3 is 20.1 Å². The predicted octanol–water partition coefficient (Wildman–Crippen LogP) is 5.78. The molecule has 1 aliphatic carbocycles. The fourth-order valence-electron chi connectivity index (χ4n) is 6.07. The molecule has 218 valence electrons. The summed E-state index contributed by atoms with van der Waals surface area (Å²) in [5.41, 5.74) is 6.86. The van der Waals surface area contributed by atoms with Gasteiger partial charge in [0, 0.05) is 49.5 Å². The summed E-state index contributed by atoms with van der Waals surface area (Å²) in [5, 5.41) is 12.8. The largest absolute Gasteiger partial charge is 0.439 e. The summed E-state index contributed by atoms with van der Waals surface area (Å²) in [6.07, 6.45) is 10.3. The molecule has 1 unspecified atom stereocenters. The fraction of sp³-hybridized carbons (Fsp3) is 0.364. The molecule has 3 N–H and O–H groups in total. The Labute approximate surface area is 245 Å². The van der Waals surface area contributed by atoms with E-state index in [-0.39, 0.29) is 23.7 Å². The van der Waals surface area contributed by atoms with Crippen molar-refractivity contribution in [2.24, 2.45) is 0 Å². The lowest BCUT2D eigenvalue weighted by Crippen LogP contribution is -2.35. The smallest absolute Gasteiger partial charge is 0.257 e. The van der Waals surface area contributed by atoms with Crippen LogP contribution in [0.4, 0.5) is 10.1 Å². The highest BCUT2D eigenvalue weighted by atomic mass is 19.1. The van der Waals surface area contributed by atoms with Gasteiger partial charge in [0.05, 0.1) is 23.6 Å². The first kappa shape index (κ1) is 28.1. The van der Waals surface area contributed by atoms with Crippen LogP contribution in [0.15, 0.2) is 61.1 Å². The van der Waals surface area contributed by atoms with E-state index in [0.717, 1.165) is 80.7 Å². The molecule has 6 rings (SSSR count). The molecule has 4 aromatic rings. The number of aliphatic hydroxyl groups excluding tert-OH is 1. The van der Waals surface area contributed by atoms with Gasteiger partial charge in [-0.15, -0.1) is 0 Å². The van der Waals surface area contributed by atoms with E-state index in [9.17, 15) is 14.3 Å². The molecule has 4 heterocycles. The van der Waals surface area contributed by atoms with Gasteiger partial charge in [-0.1, -0.05) is 13.0 Å². The number of nitrogens with one attached hydrogen (secondary N) is 2. The van der Waals surface area contributed by atoms with Gasteiger partial charge >= 0.3 is 0 Å². The number of aromatic nitrogens is 3. The van der Waals surface area contributed by atoms with Crippen LogP contribution >= 0.6 is 0 Å². The van der Waals surface area contributed by atoms with Crippen LogP contribution in [0.1, 0.15) is 70.5 Å². The van der Waals surface area contributed by atoms with Gasteiger partial charge in [-0.3, -0.25) is 14.7 Å². The number of benzene rings is 1. The van der Waals surface area contributed by atoms with Crippen LogP contribution in [0.25, 0.3) is 0 Å². The zero-order valence-electron chi connectivity index (χ0n) is 23.8. The second kappa shape index (κ2) is 12.4. The standard InChI is InChI=1S/C33H36FN5O3/c1-2-29-32(33(41)37-25-6-10-31(36-19-25)42-27-7-4-24(34)5-8-27)28-16-22(3-9-30(28)38-29)23-15-21(17-35-18-23)20-39-13-11-26(40)12-14-39/h4-8,10,15,17-19,22,26,38,40H,2-3,9,11-14,16,20H2,1H3,(H,37,41). The SMILES string of the molecule is CCc1[nH]c2c(c1C(=O)Nc1ccc(Oc3ccc(F)cc3)nc1)CC(c1cncc(CN3CCC(O)CC3)c1)CC2. The maximum absolute atomic E-state index is 13.6. The van der Waals surface area contributed by atoms with E-state index in [1.54, 1.807) is 18.3 Å². The number of anilines is 1. The normalized spacial score (nSPS) is 17.5. The number of likely N-dealkylation sites (tertiary alicyclic amines) is 1. The number of aromatic amines is 1. The van der Waals surface area contributed by atoms with Gasteiger partial charge in [0.15, 0.2) is 0 Å². The number of aliphatic hydroxyl groups is 1. The van der Waals surface area contributed by atoms with Crippen molar-refractivity contribution >= 4 is 11.6 Å². The van der Waals surface area contributed by atoms with Crippen molar-refractivity contribution in [1.82, 2.24) is 19.9 Å². The maximum Gasteiger partial charge on any atom is 0.257 e. The van der Waals surface area contributed by atoms with Crippen molar-refractivity contribution in [2.45, 2.75) is 64.0 Å². The number of carbonyl (C=O) groups excluding carboxylic acids is 1. The number of pyridine rings is 2. The lowest BCUT2D eigenvalue weighted by molar-refractivity contribution is 0.0792. The van der Waals surface area contributed by atoms with Gasteiger partial charge in [-0.2, -0.15) is 0 Å². The van der Waals surface area contributed by atoms with Crippen LogP contribution in [0.2, 0.25) is 0 Å². The third-order valence-electron chi connectivity index (χ3n) is 8.32. The molecule has 9 heteroatoms. The summed E-state index contributed by atoms with van der Waals surface area (Å²) >= 11 is 0. The third kappa shape index (κ3) is 6.37. The van der Waals surface area contributed by atoms with Crippen molar-refractivity contribution in [2.75, 3.05) is 18.4 Å². The van der Waals surface area contributed by atoms with Crippen molar-refractivity contribution in [1.29, 1.82) is 0 Å². The van der Waals surface area contributed by atoms with Crippen LogP contribution < -0.4 is 10.1 Å². The monoisotopic (exact) mass is 569 g/mol. The summed E-state index contributed by atoms with van der Waals surface area (Å²) in [6.45, 7) is 4.70. The summed E-state index contributed by atoms with van der Waals surface area (Å²) in [7, 11) is 0. The number of piperidine rings is 1. The number of fused-ring (bicyclic) bond motifs is 1. The molecule has 1 aliphatic heterocycles. The van der Waals surface area contributed by atoms with Crippen LogP contribution in [-0.4, -0.2) is 50.1 Å². The molecular formula is C33H36FN5O3. The first-order valence-electron chi connectivity index (χ1n) is 14.7. The number of H-pyrrole nitrogens is 1. The Hall–Kier alpha value is -4.08. The number of hydrogen-bond acceptors (Lipinski definition) is 6. The zero-order valence-corrected chi connectivity index (χ0v) is 23.8. The molecule has 42 heavy (non-hydrogen) atoms. The lowest BCUT2D eigenvalue weighted by Gasteiger charge is -2.29. The Balaban J connectivity index is 1.15. The summed E-state index contributed by atoms with van der Waals surface area (Å²) in [5.74, 6) is 0.625. The highest BCUT2D eigenvalue weighted by Gasteiger charge is 2.29. The van der Waals surface area contributed by atoms with Crippen LogP contribution in [0.5, 0.6) is 11.6 Å². The summed E-state index contributed by atoms with van der Waals surface area (Å²) < 4.78 is 18.8. The number of ether oxygens (including phenoxy) is 1. The highest BCUT2D eigenvalue weighted by molar-refractivity contribution is 6.06. The van der Waals surface area contributed by atoms with E-state index in [4.69, 9.17) is 4.74 Å². The van der Waals surface area contributed by atoms with E-state index < -0.39 is 0 Å². The highest BCUT2D eigenvalue weighted by Crippen LogP contribution is 2.36.